The Morgan fingerprint density at radius 3 is 2.58 bits per heavy atom. The molecule has 2 N–H and O–H groups in total. The summed E-state index contributed by atoms with van der Waals surface area (Å²) < 4.78 is 0. The molecule has 0 aromatic carbocycles. The highest BCUT2D eigenvalue weighted by atomic mass is 16.4. The quantitative estimate of drug-likeness (QED) is 0.820. The molecule has 0 spiro atoms. The van der Waals surface area contributed by atoms with Gasteiger partial charge in [0.05, 0.1) is 5.92 Å². The third kappa shape index (κ3) is 2.69. The van der Waals surface area contributed by atoms with Crippen molar-refractivity contribution in [3.63, 3.8) is 0 Å². The van der Waals surface area contributed by atoms with E-state index in [-0.39, 0.29) is 29.4 Å². The summed E-state index contributed by atoms with van der Waals surface area (Å²) >= 11 is 0. The van der Waals surface area contributed by atoms with Crippen LogP contribution in [0.5, 0.6) is 0 Å². The maximum Gasteiger partial charge on any atom is 0.317 e. The Bertz CT molecular complexity index is 381. The van der Waals surface area contributed by atoms with Crippen molar-refractivity contribution >= 4 is 12.0 Å². The summed E-state index contributed by atoms with van der Waals surface area (Å²) in [5.41, 5.74) is 0.0840. The summed E-state index contributed by atoms with van der Waals surface area (Å²) in [6, 6.07) is -0.0687. The number of urea groups is 1. The van der Waals surface area contributed by atoms with Crippen LogP contribution in [0.2, 0.25) is 0 Å². The zero-order valence-corrected chi connectivity index (χ0v) is 12.0. The van der Waals surface area contributed by atoms with E-state index in [0.29, 0.717) is 13.0 Å². The molecule has 0 aliphatic carbocycles. The van der Waals surface area contributed by atoms with Crippen LogP contribution in [-0.4, -0.2) is 40.6 Å². The molecule has 2 aliphatic rings. The summed E-state index contributed by atoms with van der Waals surface area (Å²) in [5, 5.41) is 12.1. The molecule has 2 fully saturated rings. The molecule has 5 heteroatoms. The second-order valence-electron chi connectivity index (χ2n) is 6.56. The number of nitrogens with one attached hydrogen (secondary N) is 1. The molecule has 0 aromatic heterocycles. The Morgan fingerprint density at radius 1 is 1.37 bits per heavy atom. The molecule has 0 radical (unpaired) electrons. The van der Waals surface area contributed by atoms with Crippen LogP contribution in [0.3, 0.4) is 0 Å². The first-order valence-electron chi connectivity index (χ1n) is 7.14. The first-order chi connectivity index (χ1) is 8.85. The van der Waals surface area contributed by atoms with E-state index in [2.05, 4.69) is 26.1 Å². The molecule has 2 heterocycles. The number of carboxylic acid groups (broad SMARTS) is 1. The highest BCUT2D eigenvalue weighted by Gasteiger charge is 2.51. The summed E-state index contributed by atoms with van der Waals surface area (Å²) in [6.07, 6.45) is 3.38. The van der Waals surface area contributed by atoms with Crippen molar-refractivity contribution in [1.82, 2.24) is 10.2 Å². The molecule has 2 saturated heterocycles. The maximum absolute atomic E-state index is 12.3. The number of aliphatic carboxylic acids is 1. The maximum atomic E-state index is 12.3. The van der Waals surface area contributed by atoms with E-state index >= 15 is 0 Å². The number of carbonyl (C=O) groups excluding carboxylic acids is 1. The van der Waals surface area contributed by atoms with Crippen LogP contribution < -0.4 is 5.32 Å². The van der Waals surface area contributed by atoms with Crippen molar-refractivity contribution in [1.29, 1.82) is 0 Å². The molecule has 19 heavy (non-hydrogen) atoms. The van der Waals surface area contributed by atoms with Crippen molar-refractivity contribution < 1.29 is 14.7 Å². The van der Waals surface area contributed by atoms with Crippen molar-refractivity contribution in [3.8, 4) is 0 Å². The average Bonchev–Trinajstić information content (AvgIpc) is 2.93. The zero-order valence-electron chi connectivity index (χ0n) is 12.0. The Kier molecular flexibility index (Phi) is 3.74. The van der Waals surface area contributed by atoms with Crippen LogP contribution in [-0.2, 0) is 4.79 Å². The first-order valence-corrected chi connectivity index (χ1v) is 7.14. The van der Waals surface area contributed by atoms with Gasteiger partial charge in [-0.1, -0.05) is 20.8 Å². The number of nitrogens with zero attached hydrogens (tertiary/aromatic N) is 1. The average molecular weight is 268 g/mol. The number of carbonyl (C=O) groups is 2. The minimum atomic E-state index is -0.765. The van der Waals surface area contributed by atoms with Gasteiger partial charge in [0.1, 0.15) is 0 Å². The van der Waals surface area contributed by atoms with Crippen molar-refractivity contribution in [2.24, 2.45) is 11.3 Å². The van der Waals surface area contributed by atoms with Gasteiger partial charge in [-0.05, 0) is 31.1 Å². The molecule has 0 aromatic rings. The van der Waals surface area contributed by atoms with E-state index in [9.17, 15) is 14.7 Å². The van der Waals surface area contributed by atoms with E-state index in [1.165, 1.54) is 0 Å². The third-order valence-electron chi connectivity index (χ3n) is 4.76. The smallest absolute Gasteiger partial charge is 0.317 e. The molecular weight excluding hydrogens is 244 g/mol. The van der Waals surface area contributed by atoms with E-state index in [1.807, 2.05) is 0 Å². The lowest BCUT2D eigenvalue weighted by molar-refractivity contribution is -0.142. The SMILES string of the molecule is CCC(C)(C)CNC(=O)N1C2CCC1C(C(=O)O)C2. The monoisotopic (exact) mass is 268 g/mol. The van der Waals surface area contributed by atoms with E-state index in [4.69, 9.17) is 0 Å². The van der Waals surface area contributed by atoms with Gasteiger partial charge in [0.2, 0.25) is 0 Å². The van der Waals surface area contributed by atoms with Crippen LogP contribution in [0.25, 0.3) is 0 Å². The fraction of sp³-hybridized carbons (Fsp3) is 0.857. The van der Waals surface area contributed by atoms with Crippen LogP contribution in [0, 0.1) is 11.3 Å². The predicted octanol–water partition coefficient (Wildman–Crippen LogP) is 2.07. The van der Waals surface area contributed by atoms with Gasteiger partial charge >= 0.3 is 12.0 Å². The molecule has 5 nitrogen and oxygen atoms in total. The lowest BCUT2D eigenvalue weighted by Gasteiger charge is -2.27. The van der Waals surface area contributed by atoms with Gasteiger partial charge in [-0.25, -0.2) is 4.79 Å². The summed E-state index contributed by atoms with van der Waals surface area (Å²) in [4.78, 5) is 25.2. The Morgan fingerprint density at radius 2 is 2.05 bits per heavy atom. The normalized spacial score (nSPS) is 29.6. The summed E-state index contributed by atoms with van der Waals surface area (Å²) in [6.45, 7) is 6.97. The van der Waals surface area contributed by atoms with Gasteiger partial charge in [0, 0.05) is 18.6 Å². The lowest BCUT2D eigenvalue weighted by Crippen LogP contribution is -2.46. The first kappa shape index (κ1) is 14.2. The Hall–Kier alpha value is -1.26. The van der Waals surface area contributed by atoms with Gasteiger partial charge in [-0.3, -0.25) is 4.79 Å². The molecule has 3 atom stereocenters. The topological polar surface area (TPSA) is 69.6 Å². The second kappa shape index (κ2) is 5.02. The molecule has 2 bridgehead atoms. The number of rotatable bonds is 4. The third-order valence-corrected chi connectivity index (χ3v) is 4.76. The molecule has 0 saturated carbocycles. The largest absolute Gasteiger partial charge is 0.481 e. The minimum absolute atomic E-state index is 0.0840. The fourth-order valence-corrected chi connectivity index (χ4v) is 3.10. The minimum Gasteiger partial charge on any atom is -0.481 e. The Balaban J connectivity index is 1.96. The number of hydrogen-bond acceptors (Lipinski definition) is 2. The molecule has 2 aliphatic heterocycles. The van der Waals surface area contributed by atoms with Gasteiger partial charge < -0.3 is 15.3 Å². The van der Waals surface area contributed by atoms with Crippen LogP contribution in [0.1, 0.15) is 46.5 Å². The molecule has 2 rings (SSSR count). The van der Waals surface area contributed by atoms with Gasteiger partial charge in [-0.2, -0.15) is 0 Å². The van der Waals surface area contributed by atoms with Crippen molar-refractivity contribution in [2.45, 2.75) is 58.5 Å². The zero-order chi connectivity index (χ0) is 14.2. The fourth-order valence-electron chi connectivity index (χ4n) is 3.10. The molecular formula is C14H24N2O3. The van der Waals surface area contributed by atoms with Crippen molar-refractivity contribution in [2.75, 3.05) is 6.54 Å². The Labute approximate surface area is 114 Å². The van der Waals surface area contributed by atoms with Crippen LogP contribution in [0.4, 0.5) is 4.79 Å². The van der Waals surface area contributed by atoms with Gasteiger partial charge in [0.15, 0.2) is 0 Å². The molecule has 3 unspecified atom stereocenters. The summed E-state index contributed by atoms with van der Waals surface area (Å²) in [7, 11) is 0. The van der Waals surface area contributed by atoms with E-state index < -0.39 is 5.97 Å². The highest BCUT2D eigenvalue weighted by molar-refractivity contribution is 5.79. The number of carboxylic acids is 1. The van der Waals surface area contributed by atoms with Gasteiger partial charge in [0.25, 0.3) is 0 Å². The molecule has 2 amide bonds. The summed E-state index contributed by atoms with van der Waals surface area (Å²) in [5.74, 6) is -1.14. The number of fused-ring (bicyclic) bond motifs is 2. The van der Waals surface area contributed by atoms with Crippen LogP contribution in [0.15, 0.2) is 0 Å². The number of amides is 2. The van der Waals surface area contributed by atoms with E-state index in [1.54, 1.807) is 4.90 Å². The van der Waals surface area contributed by atoms with E-state index in [0.717, 1.165) is 19.3 Å². The molecule has 108 valence electrons. The van der Waals surface area contributed by atoms with Crippen LogP contribution >= 0.6 is 0 Å². The highest BCUT2D eigenvalue weighted by Crippen LogP contribution is 2.41. The lowest BCUT2D eigenvalue weighted by atomic mass is 9.89. The standard InChI is InChI=1S/C14H24N2O3/c1-4-14(2,3)8-15-13(19)16-9-5-6-11(16)10(7-9)12(17)18/h9-11H,4-8H2,1-3H3,(H,15,19)(H,17,18). The second-order valence-corrected chi connectivity index (χ2v) is 6.56. The van der Waals surface area contributed by atoms with Gasteiger partial charge in [-0.15, -0.1) is 0 Å². The predicted molar refractivity (Wildman–Crippen MR) is 71.9 cm³/mol. The number of hydrogen-bond donors (Lipinski definition) is 2. The van der Waals surface area contributed by atoms with Crippen molar-refractivity contribution in [3.05, 3.63) is 0 Å².